The van der Waals surface area contributed by atoms with Crippen LogP contribution in [0, 0.1) is 0 Å². The molecule has 2 aromatic rings. The zero-order valence-electron chi connectivity index (χ0n) is 20.2. The number of esters is 1. The van der Waals surface area contributed by atoms with E-state index >= 15 is 0 Å². The molecule has 2 fully saturated rings. The third kappa shape index (κ3) is 6.07. The Morgan fingerprint density at radius 2 is 1.75 bits per heavy atom. The van der Waals surface area contributed by atoms with E-state index in [0.717, 1.165) is 13.1 Å². The van der Waals surface area contributed by atoms with Crippen LogP contribution in [0.4, 0.5) is 11.4 Å². The van der Waals surface area contributed by atoms with Crippen LogP contribution in [0.1, 0.15) is 23.7 Å². The Hall–Kier alpha value is -3.34. The monoisotopic (exact) mass is 510 g/mol. The molecule has 9 nitrogen and oxygen atoms in total. The summed E-state index contributed by atoms with van der Waals surface area (Å²) >= 11 is 5.72. The van der Waals surface area contributed by atoms with E-state index in [1.807, 2.05) is 35.2 Å². The van der Waals surface area contributed by atoms with Crippen LogP contribution >= 0.6 is 12.2 Å². The summed E-state index contributed by atoms with van der Waals surface area (Å²) in [6.07, 6.45) is -0.0505. The van der Waals surface area contributed by atoms with Gasteiger partial charge in [-0.2, -0.15) is 0 Å². The van der Waals surface area contributed by atoms with Crippen molar-refractivity contribution in [2.45, 2.75) is 19.4 Å². The van der Waals surface area contributed by atoms with Crippen LogP contribution in [0.15, 0.2) is 54.6 Å². The molecule has 36 heavy (non-hydrogen) atoms. The molecule has 1 N–H and O–H groups in total. The highest BCUT2D eigenvalue weighted by molar-refractivity contribution is 7.80. The third-order valence-electron chi connectivity index (χ3n) is 6.15. The maximum atomic E-state index is 13.5. The summed E-state index contributed by atoms with van der Waals surface area (Å²) in [5, 5.41) is 3.22. The zero-order valence-corrected chi connectivity index (χ0v) is 21.0. The number of para-hydroxylation sites is 1. The predicted molar refractivity (Wildman–Crippen MR) is 140 cm³/mol. The minimum absolute atomic E-state index is 0.0505. The van der Waals surface area contributed by atoms with Crippen molar-refractivity contribution < 1.29 is 23.9 Å². The molecule has 0 aromatic heterocycles. The number of anilines is 2. The van der Waals surface area contributed by atoms with E-state index in [4.69, 9.17) is 21.7 Å². The lowest BCUT2D eigenvalue weighted by atomic mass is 10.1. The number of nitrogens with zero attached hydrogens (tertiary/aromatic N) is 3. The van der Waals surface area contributed by atoms with Crippen LogP contribution in [0.3, 0.4) is 0 Å². The molecule has 2 saturated heterocycles. The van der Waals surface area contributed by atoms with Gasteiger partial charge in [-0.1, -0.05) is 18.2 Å². The SMILES string of the molecule is CCOC(=O)c1ccc(NC(=O)CC2C(=O)N(c3ccccc3)C(=S)N2CCN2CCOCC2)cc1. The van der Waals surface area contributed by atoms with Crippen LogP contribution in [0.2, 0.25) is 0 Å². The molecule has 2 aliphatic rings. The highest BCUT2D eigenvalue weighted by Gasteiger charge is 2.44. The molecule has 4 rings (SSSR count). The molecule has 1 unspecified atom stereocenters. The average molecular weight is 511 g/mol. The van der Waals surface area contributed by atoms with Crippen molar-refractivity contribution in [3.63, 3.8) is 0 Å². The van der Waals surface area contributed by atoms with Crippen molar-refractivity contribution in [1.82, 2.24) is 9.80 Å². The van der Waals surface area contributed by atoms with Gasteiger partial charge >= 0.3 is 5.97 Å². The van der Waals surface area contributed by atoms with E-state index in [1.165, 1.54) is 4.90 Å². The number of hydrogen-bond acceptors (Lipinski definition) is 7. The van der Waals surface area contributed by atoms with Crippen molar-refractivity contribution in [2.75, 3.05) is 56.2 Å². The molecule has 190 valence electrons. The Balaban J connectivity index is 1.46. The first-order chi connectivity index (χ1) is 17.5. The number of carbonyl (C=O) groups excluding carboxylic acids is 3. The van der Waals surface area contributed by atoms with E-state index in [9.17, 15) is 14.4 Å². The highest BCUT2D eigenvalue weighted by Crippen LogP contribution is 2.27. The van der Waals surface area contributed by atoms with Crippen LogP contribution in [-0.4, -0.2) is 84.7 Å². The summed E-state index contributed by atoms with van der Waals surface area (Å²) in [7, 11) is 0. The summed E-state index contributed by atoms with van der Waals surface area (Å²) in [5.74, 6) is -0.954. The number of ether oxygens (including phenoxy) is 2. The molecule has 0 bridgehead atoms. The van der Waals surface area contributed by atoms with Gasteiger partial charge in [0.05, 0.1) is 37.5 Å². The number of amides is 2. The quantitative estimate of drug-likeness (QED) is 0.407. The lowest BCUT2D eigenvalue weighted by Crippen LogP contribution is -2.45. The number of morpholine rings is 1. The normalized spacial score (nSPS) is 18.4. The maximum Gasteiger partial charge on any atom is 0.338 e. The van der Waals surface area contributed by atoms with Gasteiger partial charge in [0.1, 0.15) is 6.04 Å². The smallest absolute Gasteiger partial charge is 0.338 e. The lowest BCUT2D eigenvalue weighted by Gasteiger charge is -2.30. The Morgan fingerprint density at radius 1 is 1.06 bits per heavy atom. The molecule has 0 aliphatic carbocycles. The van der Waals surface area contributed by atoms with E-state index in [2.05, 4.69) is 10.2 Å². The van der Waals surface area contributed by atoms with Gasteiger partial charge in [-0.15, -0.1) is 0 Å². The third-order valence-corrected chi connectivity index (χ3v) is 6.57. The van der Waals surface area contributed by atoms with Crippen LogP contribution < -0.4 is 10.2 Å². The van der Waals surface area contributed by atoms with E-state index in [-0.39, 0.29) is 24.8 Å². The van der Waals surface area contributed by atoms with Gasteiger partial charge in [0.2, 0.25) is 5.91 Å². The molecule has 0 spiro atoms. The molecular weight excluding hydrogens is 480 g/mol. The number of hydrogen-bond donors (Lipinski definition) is 1. The number of benzene rings is 2. The van der Waals surface area contributed by atoms with E-state index in [0.29, 0.717) is 48.4 Å². The predicted octanol–water partition coefficient (Wildman–Crippen LogP) is 2.53. The minimum Gasteiger partial charge on any atom is -0.462 e. The number of thiocarbonyl (C=S) groups is 1. The first-order valence-corrected chi connectivity index (χ1v) is 12.5. The number of nitrogens with one attached hydrogen (secondary N) is 1. The van der Waals surface area contributed by atoms with Crippen molar-refractivity contribution >= 4 is 46.5 Å². The van der Waals surface area contributed by atoms with Gasteiger partial charge in [0, 0.05) is 31.9 Å². The largest absolute Gasteiger partial charge is 0.462 e. The molecule has 2 aliphatic heterocycles. The topological polar surface area (TPSA) is 91.4 Å². The van der Waals surface area contributed by atoms with Gasteiger partial charge in [-0.3, -0.25) is 19.4 Å². The Bertz CT molecular complexity index is 1090. The van der Waals surface area contributed by atoms with Crippen molar-refractivity contribution in [3.8, 4) is 0 Å². The summed E-state index contributed by atoms with van der Waals surface area (Å²) in [4.78, 5) is 43.9. The molecule has 2 heterocycles. The summed E-state index contributed by atoms with van der Waals surface area (Å²) < 4.78 is 10.4. The van der Waals surface area contributed by atoms with Crippen molar-refractivity contribution in [3.05, 3.63) is 60.2 Å². The summed E-state index contributed by atoms with van der Waals surface area (Å²) in [6.45, 7) is 6.28. The zero-order chi connectivity index (χ0) is 25.5. The van der Waals surface area contributed by atoms with Crippen LogP contribution in [0.5, 0.6) is 0 Å². The van der Waals surface area contributed by atoms with E-state index in [1.54, 1.807) is 31.2 Å². The van der Waals surface area contributed by atoms with Crippen LogP contribution in [0.25, 0.3) is 0 Å². The highest BCUT2D eigenvalue weighted by atomic mass is 32.1. The fourth-order valence-corrected chi connectivity index (χ4v) is 4.68. The molecule has 2 amide bonds. The van der Waals surface area contributed by atoms with Gasteiger partial charge in [0.25, 0.3) is 5.91 Å². The Morgan fingerprint density at radius 3 is 2.42 bits per heavy atom. The molecule has 2 aromatic carbocycles. The van der Waals surface area contributed by atoms with Gasteiger partial charge in [-0.25, -0.2) is 4.79 Å². The Labute approximate surface area is 215 Å². The molecule has 1 atom stereocenters. The standard InChI is InChI=1S/C26H30N4O5S/c1-2-35-25(33)19-8-10-20(11-9-19)27-23(31)18-22-24(32)30(21-6-4-3-5-7-21)26(36)29(22)13-12-28-14-16-34-17-15-28/h3-11,22H,2,12-18H2,1H3,(H,27,31). The van der Waals surface area contributed by atoms with Gasteiger partial charge in [-0.05, 0) is 55.5 Å². The minimum atomic E-state index is -0.711. The fraction of sp³-hybridized carbons (Fsp3) is 0.385. The van der Waals surface area contributed by atoms with Gasteiger partial charge < -0.3 is 19.7 Å². The van der Waals surface area contributed by atoms with Crippen LogP contribution in [-0.2, 0) is 19.1 Å². The summed E-state index contributed by atoms with van der Waals surface area (Å²) in [6, 6.07) is 15.0. The number of carbonyl (C=O) groups is 3. The van der Waals surface area contributed by atoms with Gasteiger partial charge in [0.15, 0.2) is 5.11 Å². The molecule has 0 saturated carbocycles. The fourth-order valence-electron chi connectivity index (χ4n) is 4.27. The van der Waals surface area contributed by atoms with E-state index < -0.39 is 12.0 Å². The summed E-state index contributed by atoms with van der Waals surface area (Å²) in [5.41, 5.74) is 1.61. The van der Waals surface area contributed by atoms with Crippen molar-refractivity contribution in [1.29, 1.82) is 0 Å². The number of rotatable bonds is 9. The molecule has 10 heteroatoms. The first kappa shape index (κ1) is 25.7. The van der Waals surface area contributed by atoms with Crippen molar-refractivity contribution in [2.24, 2.45) is 0 Å². The molecular formula is C26H30N4O5S. The average Bonchev–Trinajstić information content (AvgIpc) is 3.12. The first-order valence-electron chi connectivity index (χ1n) is 12.0. The molecule has 0 radical (unpaired) electrons. The Kier molecular flexibility index (Phi) is 8.63. The second-order valence-corrected chi connectivity index (χ2v) is 8.87. The second kappa shape index (κ2) is 12.1. The lowest BCUT2D eigenvalue weighted by molar-refractivity contribution is -0.124. The maximum absolute atomic E-state index is 13.5. The second-order valence-electron chi connectivity index (χ2n) is 8.51.